The summed E-state index contributed by atoms with van der Waals surface area (Å²) >= 11 is 0. The highest BCUT2D eigenvalue weighted by Crippen LogP contribution is 2.46. The van der Waals surface area contributed by atoms with Crippen LogP contribution in [0.3, 0.4) is 0 Å². The van der Waals surface area contributed by atoms with Gasteiger partial charge in [-0.1, -0.05) is 0 Å². The molecule has 0 aliphatic carbocycles. The third-order valence-corrected chi connectivity index (χ3v) is 3.52. The van der Waals surface area contributed by atoms with Crippen LogP contribution in [0.5, 0.6) is 17.2 Å². The lowest BCUT2D eigenvalue weighted by Crippen LogP contribution is -2.05. The van der Waals surface area contributed by atoms with E-state index in [4.69, 9.17) is 14.2 Å². The van der Waals surface area contributed by atoms with Gasteiger partial charge in [-0.05, 0) is 12.1 Å². The molecule has 0 fully saturated rings. The van der Waals surface area contributed by atoms with Crippen molar-refractivity contribution in [2.75, 3.05) is 21.3 Å². The Morgan fingerprint density at radius 1 is 1.04 bits per heavy atom. The number of nitrogens with zero attached hydrogens (tertiary/aromatic N) is 3. The molecule has 9 nitrogen and oxygen atoms in total. The molecule has 124 valence electrons. The van der Waals surface area contributed by atoms with Gasteiger partial charge < -0.3 is 19.3 Å². The molecule has 1 aromatic carbocycles. The van der Waals surface area contributed by atoms with E-state index < -0.39 is 5.97 Å². The lowest BCUT2D eigenvalue weighted by atomic mass is 10.0. The number of aromatic nitrogens is 4. The van der Waals surface area contributed by atoms with Crippen LogP contribution in [0.1, 0.15) is 10.4 Å². The number of rotatable bonds is 5. The van der Waals surface area contributed by atoms with E-state index in [0.717, 1.165) is 0 Å². The quantitative estimate of drug-likeness (QED) is 0.726. The maximum absolute atomic E-state index is 11.6. The minimum Gasteiger partial charge on any atom is -0.492 e. The minimum atomic E-state index is -1.15. The van der Waals surface area contributed by atoms with Crippen molar-refractivity contribution in [2.24, 2.45) is 0 Å². The van der Waals surface area contributed by atoms with Gasteiger partial charge in [-0.2, -0.15) is 10.3 Å². The number of nitrogens with one attached hydrogen (secondary N) is 1. The zero-order valence-corrected chi connectivity index (χ0v) is 13.2. The molecule has 0 radical (unpaired) electrons. The molecule has 0 spiro atoms. The molecule has 0 saturated carbocycles. The van der Waals surface area contributed by atoms with Gasteiger partial charge in [0.25, 0.3) is 0 Å². The highest BCUT2D eigenvalue weighted by Gasteiger charge is 2.25. The number of carboxylic acid groups (broad SMARTS) is 1. The van der Waals surface area contributed by atoms with Gasteiger partial charge in [0.05, 0.1) is 21.3 Å². The SMILES string of the molecule is COc1c(C(=O)O)cc(-c2cnc3n[nH]nc3c2)c(OC)c1OC. The second-order valence-electron chi connectivity index (χ2n) is 4.77. The highest BCUT2D eigenvalue weighted by atomic mass is 16.5. The summed E-state index contributed by atoms with van der Waals surface area (Å²) in [4.78, 5) is 15.8. The molecule has 0 unspecified atom stereocenters. The molecule has 0 saturated heterocycles. The van der Waals surface area contributed by atoms with Gasteiger partial charge in [-0.15, -0.1) is 5.10 Å². The van der Waals surface area contributed by atoms with Gasteiger partial charge in [0.15, 0.2) is 11.5 Å². The van der Waals surface area contributed by atoms with Crippen molar-refractivity contribution in [3.8, 4) is 28.4 Å². The number of pyridine rings is 1. The molecule has 2 heterocycles. The molecule has 9 heteroatoms. The number of aromatic carboxylic acids is 1. The number of hydrogen-bond donors (Lipinski definition) is 2. The zero-order chi connectivity index (χ0) is 17.3. The Morgan fingerprint density at radius 2 is 1.75 bits per heavy atom. The third kappa shape index (κ3) is 2.35. The van der Waals surface area contributed by atoms with E-state index in [-0.39, 0.29) is 17.1 Å². The Balaban J connectivity index is 2.32. The van der Waals surface area contributed by atoms with Crippen LogP contribution >= 0.6 is 0 Å². The van der Waals surface area contributed by atoms with E-state index >= 15 is 0 Å². The summed E-state index contributed by atoms with van der Waals surface area (Å²) in [5, 5.41) is 19.8. The molecule has 0 aliphatic heterocycles. The van der Waals surface area contributed by atoms with Crippen LogP contribution in [0.4, 0.5) is 0 Å². The van der Waals surface area contributed by atoms with Crippen LogP contribution in [-0.2, 0) is 0 Å². The molecule has 3 rings (SSSR count). The summed E-state index contributed by atoms with van der Waals surface area (Å²) in [6.45, 7) is 0. The van der Waals surface area contributed by atoms with Crippen molar-refractivity contribution in [1.29, 1.82) is 0 Å². The smallest absolute Gasteiger partial charge is 0.339 e. The number of carboxylic acids is 1. The van der Waals surface area contributed by atoms with Gasteiger partial charge in [0, 0.05) is 17.3 Å². The molecule has 24 heavy (non-hydrogen) atoms. The maximum atomic E-state index is 11.6. The van der Waals surface area contributed by atoms with Crippen molar-refractivity contribution < 1.29 is 24.1 Å². The third-order valence-electron chi connectivity index (χ3n) is 3.52. The Hall–Kier alpha value is -3.36. The van der Waals surface area contributed by atoms with Crippen LogP contribution in [0, 0.1) is 0 Å². The first-order chi connectivity index (χ1) is 11.6. The van der Waals surface area contributed by atoms with Gasteiger partial charge in [0.2, 0.25) is 11.4 Å². The van der Waals surface area contributed by atoms with Crippen molar-refractivity contribution in [2.45, 2.75) is 0 Å². The molecule has 2 aromatic heterocycles. The number of carbonyl (C=O) groups is 1. The maximum Gasteiger partial charge on any atom is 0.339 e. The summed E-state index contributed by atoms with van der Waals surface area (Å²) < 4.78 is 15.9. The van der Waals surface area contributed by atoms with Gasteiger partial charge >= 0.3 is 5.97 Å². The number of ether oxygens (including phenoxy) is 3. The summed E-state index contributed by atoms with van der Waals surface area (Å²) in [6, 6.07) is 3.17. The number of methoxy groups -OCH3 is 3. The largest absolute Gasteiger partial charge is 0.492 e. The predicted octanol–water partition coefficient (Wildman–Crippen LogP) is 1.74. The van der Waals surface area contributed by atoms with E-state index in [0.29, 0.717) is 28.0 Å². The van der Waals surface area contributed by atoms with Crippen LogP contribution in [0.2, 0.25) is 0 Å². The second-order valence-corrected chi connectivity index (χ2v) is 4.77. The Bertz CT molecular complexity index is 922. The molecule has 0 amide bonds. The Kier molecular flexibility index (Phi) is 3.90. The summed E-state index contributed by atoms with van der Waals surface area (Å²) in [5.74, 6) is -0.537. The van der Waals surface area contributed by atoms with Crippen LogP contribution in [0.15, 0.2) is 18.3 Å². The molecule has 2 N–H and O–H groups in total. The monoisotopic (exact) mass is 330 g/mol. The molecule has 0 atom stereocenters. The van der Waals surface area contributed by atoms with Crippen molar-refractivity contribution in [3.63, 3.8) is 0 Å². The molecule has 0 aliphatic rings. The standard InChI is InChI=1S/C15H14N4O5/c1-22-11-8(7-4-10-14(16-6-7)18-19-17-10)5-9(15(20)21)12(23-2)13(11)24-3/h4-6H,1-3H3,(H,20,21)(H,16,17,18,19). The van der Waals surface area contributed by atoms with Crippen molar-refractivity contribution in [1.82, 2.24) is 20.4 Å². The van der Waals surface area contributed by atoms with Crippen LogP contribution in [0.25, 0.3) is 22.3 Å². The molecule has 0 bridgehead atoms. The summed E-state index contributed by atoms with van der Waals surface area (Å²) in [5.41, 5.74) is 2.05. The van der Waals surface area contributed by atoms with Crippen LogP contribution in [-0.4, -0.2) is 52.8 Å². The fourth-order valence-electron chi connectivity index (χ4n) is 2.48. The fraction of sp³-hybridized carbons (Fsp3) is 0.200. The first-order valence-corrected chi connectivity index (χ1v) is 6.83. The van der Waals surface area contributed by atoms with E-state index in [1.807, 2.05) is 0 Å². The number of hydrogen-bond acceptors (Lipinski definition) is 7. The minimum absolute atomic E-state index is 0.0506. The highest BCUT2D eigenvalue weighted by molar-refractivity contribution is 5.96. The average Bonchev–Trinajstić information content (AvgIpc) is 3.06. The van der Waals surface area contributed by atoms with E-state index in [1.165, 1.54) is 27.4 Å². The first-order valence-electron chi connectivity index (χ1n) is 6.83. The summed E-state index contributed by atoms with van der Waals surface area (Å²) in [7, 11) is 4.24. The van der Waals surface area contributed by atoms with E-state index in [1.54, 1.807) is 12.3 Å². The second kappa shape index (κ2) is 6.03. The van der Waals surface area contributed by atoms with Crippen molar-refractivity contribution >= 4 is 17.1 Å². The van der Waals surface area contributed by atoms with Crippen molar-refractivity contribution in [3.05, 3.63) is 23.9 Å². The van der Waals surface area contributed by atoms with Gasteiger partial charge in [0.1, 0.15) is 11.1 Å². The lowest BCUT2D eigenvalue weighted by Gasteiger charge is -2.17. The number of fused-ring (bicyclic) bond motifs is 1. The fourth-order valence-corrected chi connectivity index (χ4v) is 2.48. The Morgan fingerprint density at radius 3 is 2.38 bits per heavy atom. The van der Waals surface area contributed by atoms with Gasteiger partial charge in [-0.25, -0.2) is 9.78 Å². The van der Waals surface area contributed by atoms with Gasteiger partial charge in [-0.3, -0.25) is 0 Å². The molecular weight excluding hydrogens is 316 g/mol. The zero-order valence-electron chi connectivity index (χ0n) is 13.2. The number of benzene rings is 1. The van der Waals surface area contributed by atoms with E-state index in [2.05, 4.69) is 20.4 Å². The Labute approximate surface area is 136 Å². The number of aromatic amines is 1. The normalized spacial score (nSPS) is 10.6. The number of H-pyrrole nitrogens is 1. The van der Waals surface area contributed by atoms with Crippen LogP contribution < -0.4 is 14.2 Å². The summed E-state index contributed by atoms with van der Waals surface area (Å²) in [6.07, 6.45) is 1.56. The lowest BCUT2D eigenvalue weighted by molar-refractivity contribution is 0.0692. The molecule has 3 aromatic rings. The van der Waals surface area contributed by atoms with E-state index in [9.17, 15) is 9.90 Å². The topological polar surface area (TPSA) is 119 Å². The molecular formula is C15H14N4O5. The first kappa shape index (κ1) is 15.5. The predicted molar refractivity (Wildman–Crippen MR) is 83.7 cm³/mol. The average molecular weight is 330 g/mol.